The first-order valence-corrected chi connectivity index (χ1v) is 5.24. The Morgan fingerprint density at radius 1 is 1.50 bits per heavy atom. The molecule has 0 aliphatic heterocycles. The Morgan fingerprint density at radius 3 is 2.58 bits per heavy atom. The quantitative estimate of drug-likeness (QED) is 0.473. The molecule has 2 nitrogen and oxygen atoms in total. The van der Waals surface area contributed by atoms with Gasteiger partial charge in [-0.3, -0.25) is 11.3 Å². The molecule has 72 valence electrons. The maximum absolute atomic E-state index is 5.51. The maximum atomic E-state index is 5.51. The SMILES string of the molecule is CCC(C)C(CCC1CC1)NN. The molecule has 0 spiro atoms. The van der Waals surface area contributed by atoms with Crippen LogP contribution in [0.4, 0.5) is 0 Å². The number of rotatable bonds is 6. The molecule has 1 fully saturated rings. The van der Waals surface area contributed by atoms with Crippen LogP contribution in [0.25, 0.3) is 0 Å². The second kappa shape index (κ2) is 4.83. The van der Waals surface area contributed by atoms with Gasteiger partial charge in [0.1, 0.15) is 0 Å². The highest BCUT2D eigenvalue weighted by molar-refractivity contribution is 4.77. The highest BCUT2D eigenvalue weighted by Gasteiger charge is 2.23. The van der Waals surface area contributed by atoms with Gasteiger partial charge in [-0.25, -0.2) is 0 Å². The molecule has 0 aromatic carbocycles. The van der Waals surface area contributed by atoms with Crippen molar-refractivity contribution in [3.05, 3.63) is 0 Å². The standard InChI is InChI=1S/C10H22N2/c1-3-8(2)10(12-11)7-6-9-4-5-9/h8-10,12H,3-7,11H2,1-2H3. The molecule has 1 aliphatic rings. The molecule has 12 heavy (non-hydrogen) atoms. The molecule has 2 heteroatoms. The van der Waals surface area contributed by atoms with Gasteiger partial charge in [0.15, 0.2) is 0 Å². The molecule has 1 rings (SSSR count). The molecule has 1 saturated carbocycles. The molecule has 0 radical (unpaired) electrons. The molecular weight excluding hydrogens is 148 g/mol. The third kappa shape index (κ3) is 3.11. The first-order chi connectivity index (χ1) is 5.77. The Balaban J connectivity index is 2.13. The van der Waals surface area contributed by atoms with Crippen molar-refractivity contribution in [3.63, 3.8) is 0 Å². The van der Waals surface area contributed by atoms with Gasteiger partial charge in [0.05, 0.1) is 0 Å². The topological polar surface area (TPSA) is 38.0 Å². The van der Waals surface area contributed by atoms with Gasteiger partial charge in [-0.05, 0) is 24.7 Å². The summed E-state index contributed by atoms with van der Waals surface area (Å²) in [4.78, 5) is 0. The van der Waals surface area contributed by atoms with Crippen molar-refractivity contribution < 1.29 is 0 Å². The van der Waals surface area contributed by atoms with Crippen molar-refractivity contribution in [2.45, 2.75) is 52.0 Å². The van der Waals surface area contributed by atoms with E-state index in [0.29, 0.717) is 12.0 Å². The summed E-state index contributed by atoms with van der Waals surface area (Å²) in [7, 11) is 0. The van der Waals surface area contributed by atoms with Gasteiger partial charge in [-0.15, -0.1) is 0 Å². The van der Waals surface area contributed by atoms with Crippen LogP contribution in [0, 0.1) is 11.8 Å². The van der Waals surface area contributed by atoms with E-state index in [4.69, 9.17) is 5.84 Å². The monoisotopic (exact) mass is 170 g/mol. The number of hydrazine groups is 1. The molecule has 2 unspecified atom stereocenters. The summed E-state index contributed by atoms with van der Waals surface area (Å²) in [6.07, 6.45) is 6.77. The number of hydrogen-bond acceptors (Lipinski definition) is 2. The van der Waals surface area contributed by atoms with E-state index in [-0.39, 0.29) is 0 Å². The van der Waals surface area contributed by atoms with Gasteiger partial charge in [0, 0.05) is 6.04 Å². The summed E-state index contributed by atoms with van der Waals surface area (Å²) >= 11 is 0. The minimum atomic E-state index is 0.538. The largest absolute Gasteiger partial charge is 0.271 e. The van der Waals surface area contributed by atoms with Gasteiger partial charge < -0.3 is 0 Å². The van der Waals surface area contributed by atoms with Gasteiger partial charge in [-0.1, -0.05) is 33.1 Å². The normalized spacial score (nSPS) is 22.2. The predicted octanol–water partition coefficient (Wildman–Crippen LogP) is 2.05. The molecule has 0 aromatic rings. The Morgan fingerprint density at radius 2 is 2.17 bits per heavy atom. The van der Waals surface area contributed by atoms with Crippen LogP contribution in [-0.4, -0.2) is 6.04 Å². The summed E-state index contributed by atoms with van der Waals surface area (Å²) in [5.74, 6) is 7.25. The lowest BCUT2D eigenvalue weighted by molar-refractivity contribution is 0.341. The molecule has 0 saturated heterocycles. The molecule has 0 amide bonds. The molecule has 3 N–H and O–H groups in total. The Labute approximate surface area is 75.9 Å². The second-order valence-corrected chi connectivity index (χ2v) is 4.18. The summed E-state index contributed by atoms with van der Waals surface area (Å²) in [5.41, 5.74) is 2.94. The van der Waals surface area contributed by atoms with E-state index in [1.807, 2.05) is 0 Å². The van der Waals surface area contributed by atoms with Gasteiger partial charge in [-0.2, -0.15) is 0 Å². The van der Waals surface area contributed by atoms with Crippen LogP contribution in [0.15, 0.2) is 0 Å². The summed E-state index contributed by atoms with van der Waals surface area (Å²) in [5, 5.41) is 0. The number of nitrogens with two attached hydrogens (primary N) is 1. The van der Waals surface area contributed by atoms with E-state index in [9.17, 15) is 0 Å². The lowest BCUT2D eigenvalue weighted by atomic mass is 9.95. The summed E-state index contributed by atoms with van der Waals surface area (Å²) < 4.78 is 0. The van der Waals surface area contributed by atoms with Gasteiger partial charge in [0.25, 0.3) is 0 Å². The fraction of sp³-hybridized carbons (Fsp3) is 1.00. The fourth-order valence-electron chi connectivity index (χ4n) is 1.64. The average Bonchev–Trinajstić information content (AvgIpc) is 2.88. The average molecular weight is 170 g/mol. The number of hydrogen-bond donors (Lipinski definition) is 2. The van der Waals surface area contributed by atoms with Gasteiger partial charge in [0.2, 0.25) is 0 Å². The first-order valence-electron chi connectivity index (χ1n) is 5.24. The lowest BCUT2D eigenvalue weighted by Gasteiger charge is -2.21. The molecule has 0 heterocycles. The van der Waals surface area contributed by atoms with Crippen LogP contribution < -0.4 is 11.3 Å². The zero-order valence-corrected chi connectivity index (χ0v) is 8.34. The van der Waals surface area contributed by atoms with E-state index < -0.39 is 0 Å². The van der Waals surface area contributed by atoms with E-state index in [0.717, 1.165) is 5.92 Å². The van der Waals surface area contributed by atoms with E-state index in [1.165, 1.54) is 32.1 Å². The van der Waals surface area contributed by atoms with Crippen LogP contribution in [-0.2, 0) is 0 Å². The highest BCUT2D eigenvalue weighted by Crippen LogP contribution is 2.34. The third-order valence-electron chi connectivity index (χ3n) is 3.13. The molecule has 2 atom stereocenters. The van der Waals surface area contributed by atoms with Gasteiger partial charge >= 0.3 is 0 Å². The summed E-state index contributed by atoms with van der Waals surface area (Å²) in [6.45, 7) is 4.50. The van der Waals surface area contributed by atoms with E-state index in [1.54, 1.807) is 0 Å². The van der Waals surface area contributed by atoms with Crippen molar-refractivity contribution in [1.29, 1.82) is 0 Å². The van der Waals surface area contributed by atoms with Crippen LogP contribution in [0.3, 0.4) is 0 Å². The Bertz CT molecular complexity index is 121. The minimum absolute atomic E-state index is 0.538. The minimum Gasteiger partial charge on any atom is -0.271 e. The van der Waals surface area contributed by atoms with Crippen LogP contribution in [0.5, 0.6) is 0 Å². The lowest BCUT2D eigenvalue weighted by Crippen LogP contribution is -2.39. The molecule has 1 aliphatic carbocycles. The predicted molar refractivity (Wildman–Crippen MR) is 52.5 cm³/mol. The molecular formula is C10H22N2. The smallest absolute Gasteiger partial charge is 0.0236 e. The highest BCUT2D eigenvalue weighted by atomic mass is 15.2. The van der Waals surface area contributed by atoms with Crippen molar-refractivity contribution in [2.24, 2.45) is 17.7 Å². The first kappa shape index (κ1) is 10.0. The van der Waals surface area contributed by atoms with Crippen molar-refractivity contribution in [2.75, 3.05) is 0 Å². The summed E-state index contributed by atoms with van der Waals surface area (Å²) in [6, 6.07) is 0.538. The van der Waals surface area contributed by atoms with Crippen LogP contribution in [0.2, 0.25) is 0 Å². The van der Waals surface area contributed by atoms with Crippen molar-refractivity contribution in [1.82, 2.24) is 5.43 Å². The maximum Gasteiger partial charge on any atom is 0.0236 e. The zero-order valence-electron chi connectivity index (χ0n) is 8.34. The zero-order chi connectivity index (χ0) is 8.97. The fourth-order valence-corrected chi connectivity index (χ4v) is 1.64. The molecule has 0 aromatic heterocycles. The van der Waals surface area contributed by atoms with Crippen LogP contribution >= 0.6 is 0 Å². The number of nitrogens with one attached hydrogen (secondary N) is 1. The molecule has 0 bridgehead atoms. The van der Waals surface area contributed by atoms with E-state index in [2.05, 4.69) is 19.3 Å². The van der Waals surface area contributed by atoms with Crippen molar-refractivity contribution in [3.8, 4) is 0 Å². The van der Waals surface area contributed by atoms with E-state index >= 15 is 0 Å². The van der Waals surface area contributed by atoms with Crippen LogP contribution in [0.1, 0.15) is 46.0 Å². The Hall–Kier alpha value is -0.0800. The third-order valence-corrected chi connectivity index (χ3v) is 3.13. The van der Waals surface area contributed by atoms with Crippen molar-refractivity contribution >= 4 is 0 Å². The Kier molecular flexibility index (Phi) is 4.02. The second-order valence-electron chi connectivity index (χ2n) is 4.18.